The van der Waals surface area contributed by atoms with Gasteiger partial charge in [0.1, 0.15) is 5.82 Å². The molecule has 0 atom stereocenters. The van der Waals surface area contributed by atoms with Gasteiger partial charge in [-0.1, -0.05) is 13.8 Å². The largest absolute Gasteiger partial charge is 0.370 e. The van der Waals surface area contributed by atoms with Crippen molar-refractivity contribution >= 4 is 21.7 Å². The van der Waals surface area contributed by atoms with Gasteiger partial charge < -0.3 is 5.32 Å². The Labute approximate surface area is 128 Å². The molecular formula is C15H19BrN4. The lowest BCUT2D eigenvalue weighted by molar-refractivity contribution is 0.936. The number of nitrogens with zero attached hydrogens (tertiary/aromatic N) is 3. The highest BCUT2D eigenvalue weighted by Gasteiger charge is 2.11. The highest BCUT2D eigenvalue weighted by atomic mass is 79.9. The predicted molar refractivity (Wildman–Crippen MR) is 85.9 cm³/mol. The molecule has 0 spiro atoms. The first-order valence-corrected chi connectivity index (χ1v) is 7.67. The fourth-order valence-electron chi connectivity index (χ4n) is 1.99. The lowest BCUT2D eigenvalue weighted by Crippen LogP contribution is -2.08. The second-order valence-electron chi connectivity index (χ2n) is 4.64. The van der Waals surface area contributed by atoms with Crippen LogP contribution in [0.4, 0.5) is 5.82 Å². The number of hydrogen-bond donors (Lipinski definition) is 1. The van der Waals surface area contributed by atoms with E-state index < -0.39 is 0 Å². The average molecular weight is 335 g/mol. The van der Waals surface area contributed by atoms with Crippen LogP contribution in [0.1, 0.15) is 31.5 Å². The summed E-state index contributed by atoms with van der Waals surface area (Å²) in [6.07, 6.45) is 5.51. The topological polar surface area (TPSA) is 50.7 Å². The molecule has 2 heterocycles. The van der Waals surface area contributed by atoms with Gasteiger partial charge in [0.25, 0.3) is 0 Å². The molecule has 0 aromatic carbocycles. The Morgan fingerprint density at radius 2 is 2.00 bits per heavy atom. The van der Waals surface area contributed by atoms with Crippen LogP contribution in [0.15, 0.2) is 22.9 Å². The molecule has 2 aromatic rings. The van der Waals surface area contributed by atoms with E-state index in [1.165, 1.54) is 0 Å². The normalized spacial score (nSPS) is 10.6. The molecule has 0 aliphatic heterocycles. The SMILES string of the molecule is CCCNc1nc(-c2cncc(Br)c2)nc(CC)c1C. The van der Waals surface area contributed by atoms with Crippen molar-refractivity contribution in [1.82, 2.24) is 15.0 Å². The number of rotatable bonds is 5. The second-order valence-corrected chi connectivity index (χ2v) is 5.56. The molecule has 0 radical (unpaired) electrons. The smallest absolute Gasteiger partial charge is 0.163 e. The minimum absolute atomic E-state index is 0.722. The number of pyridine rings is 1. The number of anilines is 1. The molecule has 106 valence electrons. The lowest BCUT2D eigenvalue weighted by atomic mass is 10.1. The number of aromatic nitrogens is 3. The van der Waals surface area contributed by atoms with Crippen LogP contribution in [-0.4, -0.2) is 21.5 Å². The van der Waals surface area contributed by atoms with Gasteiger partial charge in [-0.15, -0.1) is 0 Å². The van der Waals surface area contributed by atoms with Gasteiger partial charge in [0, 0.05) is 40.2 Å². The van der Waals surface area contributed by atoms with Crippen LogP contribution in [0, 0.1) is 6.92 Å². The third-order valence-corrected chi connectivity index (χ3v) is 3.52. The first-order valence-electron chi connectivity index (χ1n) is 6.88. The van der Waals surface area contributed by atoms with Gasteiger partial charge in [-0.05, 0) is 41.8 Å². The first-order chi connectivity index (χ1) is 9.65. The summed E-state index contributed by atoms with van der Waals surface area (Å²) in [5, 5.41) is 3.38. The summed E-state index contributed by atoms with van der Waals surface area (Å²) < 4.78 is 0.931. The number of halogens is 1. The molecule has 2 rings (SSSR count). The zero-order valence-corrected chi connectivity index (χ0v) is 13.7. The van der Waals surface area contributed by atoms with E-state index in [1.54, 1.807) is 12.4 Å². The minimum Gasteiger partial charge on any atom is -0.370 e. The van der Waals surface area contributed by atoms with Crippen molar-refractivity contribution in [1.29, 1.82) is 0 Å². The van der Waals surface area contributed by atoms with Crippen LogP contribution < -0.4 is 5.32 Å². The Kier molecular flexibility index (Phi) is 5.06. The predicted octanol–water partition coefficient (Wildman–Crippen LogP) is 3.99. The van der Waals surface area contributed by atoms with Crippen molar-refractivity contribution in [3.8, 4) is 11.4 Å². The fourth-order valence-corrected chi connectivity index (χ4v) is 2.35. The molecule has 20 heavy (non-hydrogen) atoms. The Morgan fingerprint density at radius 1 is 1.20 bits per heavy atom. The Hall–Kier alpha value is -1.49. The summed E-state index contributed by atoms with van der Waals surface area (Å²) in [6.45, 7) is 7.24. The fraction of sp³-hybridized carbons (Fsp3) is 0.400. The molecule has 0 saturated heterocycles. The monoisotopic (exact) mass is 334 g/mol. The van der Waals surface area contributed by atoms with Crippen LogP contribution in [0.5, 0.6) is 0 Å². The van der Waals surface area contributed by atoms with E-state index in [2.05, 4.69) is 57.0 Å². The van der Waals surface area contributed by atoms with Crippen LogP contribution in [0.2, 0.25) is 0 Å². The second kappa shape index (κ2) is 6.79. The van der Waals surface area contributed by atoms with Crippen LogP contribution in [0.3, 0.4) is 0 Å². The molecule has 4 nitrogen and oxygen atoms in total. The third-order valence-electron chi connectivity index (χ3n) is 3.09. The summed E-state index contributed by atoms with van der Waals surface area (Å²) in [5.41, 5.74) is 3.13. The Balaban J connectivity index is 2.48. The van der Waals surface area contributed by atoms with Gasteiger partial charge >= 0.3 is 0 Å². The van der Waals surface area contributed by atoms with Gasteiger partial charge in [-0.3, -0.25) is 4.98 Å². The average Bonchev–Trinajstić information content (AvgIpc) is 2.46. The molecule has 0 fully saturated rings. The van der Waals surface area contributed by atoms with Crippen molar-refractivity contribution in [3.05, 3.63) is 34.2 Å². The van der Waals surface area contributed by atoms with Crippen LogP contribution in [-0.2, 0) is 6.42 Å². The van der Waals surface area contributed by atoms with Crippen LogP contribution in [0.25, 0.3) is 11.4 Å². The maximum atomic E-state index is 4.66. The quantitative estimate of drug-likeness (QED) is 0.897. The lowest BCUT2D eigenvalue weighted by Gasteiger charge is -2.13. The standard InChI is InChI=1S/C15H19BrN4/c1-4-6-18-14-10(3)13(5-2)19-15(20-14)11-7-12(16)9-17-8-11/h7-9H,4-6H2,1-3H3,(H,18,19,20). The van der Waals surface area contributed by atoms with E-state index >= 15 is 0 Å². The summed E-state index contributed by atoms with van der Waals surface area (Å²) in [6, 6.07) is 1.99. The van der Waals surface area contributed by atoms with Crippen molar-refractivity contribution in [2.75, 3.05) is 11.9 Å². The maximum Gasteiger partial charge on any atom is 0.163 e. The zero-order chi connectivity index (χ0) is 14.5. The number of aryl methyl sites for hydroxylation is 1. The van der Waals surface area contributed by atoms with Gasteiger partial charge in [-0.25, -0.2) is 9.97 Å². The maximum absolute atomic E-state index is 4.66. The molecule has 0 unspecified atom stereocenters. The molecule has 0 aliphatic carbocycles. The molecule has 0 amide bonds. The first kappa shape index (κ1) is 14.9. The molecule has 0 aliphatic rings. The summed E-state index contributed by atoms with van der Waals surface area (Å²) in [7, 11) is 0. The van der Waals surface area contributed by atoms with E-state index in [1.807, 2.05) is 6.07 Å². The highest BCUT2D eigenvalue weighted by Crippen LogP contribution is 2.23. The molecule has 2 aromatic heterocycles. The third kappa shape index (κ3) is 3.33. The van der Waals surface area contributed by atoms with E-state index in [4.69, 9.17) is 0 Å². The van der Waals surface area contributed by atoms with E-state index in [-0.39, 0.29) is 0 Å². The van der Waals surface area contributed by atoms with Gasteiger partial charge in [0.05, 0.1) is 0 Å². The van der Waals surface area contributed by atoms with Crippen molar-refractivity contribution < 1.29 is 0 Å². The van der Waals surface area contributed by atoms with Gasteiger partial charge in [-0.2, -0.15) is 0 Å². The Bertz CT molecular complexity index is 598. The molecular weight excluding hydrogens is 316 g/mol. The van der Waals surface area contributed by atoms with E-state index in [0.717, 1.165) is 52.3 Å². The zero-order valence-electron chi connectivity index (χ0n) is 12.1. The molecule has 0 saturated carbocycles. The number of nitrogens with one attached hydrogen (secondary N) is 1. The summed E-state index contributed by atoms with van der Waals surface area (Å²) >= 11 is 3.44. The van der Waals surface area contributed by atoms with Gasteiger partial charge in [0.2, 0.25) is 0 Å². The highest BCUT2D eigenvalue weighted by molar-refractivity contribution is 9.10. The Morgan fingerprint density at radius 3 is 2.65 bits per heavy atom. The molecule has 5 heteroatoms. The van der Waals surface area contributed by atoms with E-state index in [0.29, 0.717) is 0 Å². The van der Waals surface area contributed by atoms with Crippen molar-refractivity contribution in [2.24, 2.45) is 0 Å². The molecule has 1 N–H and O–H groups in total. The minimum atomic E-state index is 0.722. The number of hydrogen-bond acceptors (Lipinski definition) is 4. The summed E-state index contributed by atoms with van der Waals surface area (Å²) in [4.78, 5) is 13.5. The van der Waals surface area contributed by atoms with Crippen molar-refractivity contribution in [2.45, 2.75) is 33.6 Å². The van der Waals surface area contributed by atoms with Gasteiger partial charge in [0.15, 0.2) is 5.82 Å². The van der Waals surface area contributed by atoms with Crippen LogP contribution >= 0.6 is 15.9 Å². The van der Waals surface area contributed by atoms with E-state index in [9.17, 15) is 0 Å². The van der Waals surface area contributed by atoms with Crippen molar-refractivity contribution in [3.63, 3.8) is 0 Å². The summed E-state index contributed by atoms with van der Waals surface area (Å²) in [5.74, 6) is 1.65. The molecule has 0 bridgehead atoms.